The summed E-state index contributed by atoms with van der Waals surface area (Å²) in [5.41, 5.74) is 1.15. The molecule has 0 aromatic carbocycles. The van der Waals surface area contributed by atoms with Crippen molar-refractivity contribution in [2.45, 2.75) is 38.3 Å². The fourth-order valence-electron chi connectivity index (χ4n) is 2.90. The van der Waals surface area contributed by atoms with Crippen molar-refractivity contribution >= 4 is 5.91 Å². The minimum atomic E-state index is -4.17. The van der Waals surface area contributed by atoms with Gasteiger partial charge in [0.05, 0.1) is 5.92 Å². The molecular formula is C14H21F3N2O. The average Bonchev–Trinajstić information content (AvgIpc) is 2.45. The number of alkyl halides is 3. The summed E-state index contributed by atoms with van der Waals surface area (Å²) in [6.07, 6.45) is -0.107. The van der Waals surface area contributed by atoms with Gasteiger partial charge in [-0.15, -0.1) is 0 Å². The van der Waals surface area contributed by atoms with Crippen LogP contribution in [-0.2, 0) is 4.79 Å². The fourth-order valence-corrected chi connectivity index (χ4v) is 2.90. The molecule has 1 aliphatic carbocycles. The first kappa shape index (κ1) is 15.4. The number of nitrogens with one attached hydrogen (secondary N) is 2. The Morgan fingerprint density at radius 2 is 2.20 bits per heavy atom. The molecule has 2 aliphatic rings. The summed E-state index contributed by atoms with van der Waals surface area (Å²) in [6.45, 7) is 2.15. The molecule has 3 nitrogen and oxygen atoms in total. The normalized spacial score (nSPS) is 27.9. The van der Waals surface area contributed by atoms with Gasteiger partial charge in [0, 0.05) is 19.0 Å². The van der Waals surface area contributed by atoms with Gasteiger partial charge >= 0.3 is 6.18 Å². The molecule has 2 N–H and O–H groups in total. The molecule has 0 saturated heterocycles. The van der Waals surface area contributed by atoms with Crippen molar-refractivity contribution in [3.8, 4) is 0 Å². The zero-order valence-corrected chi connectivity index (χ0v) is 11.4. The molecule has 0 bridgehead atoms. The van der Waals surface area contributed by atoms with Crippen LogP contribution in [0.1, 0.15) is 32.1 Å². The predicted octanol–water partition coefficient (Wildman–Crippen LogP) is 2.39. The third-order valence-corrected chi connectivity index (χ3v) is 4.16. The number of amides is 1. The first-order valence-corrected chi connectivity index (χ1v) is 7.20. The smallest absolute Gasteiger partial charge is 0.352 e. The van der Waals surface area contributed by atoms with Crippen LogP contribution in [-0.4, -0.2) is 31.7 Å². The van der Waals surface area contributed by atoms with E-state index >= 15 is 0 Å². The van der Waals surface area contributed by atoms with Crippen LogP contribution in [0.15, 0.2) is 11.6 Å². The molecule has 2 rings (SSSR count). The second kappa shape index (κ2) is 6.61. The van der Waals surface area contributed by atoms with E-state index in [0.717, 1.165) is 25.1 Å². The Labute approximate surface area is 117 Å². The van der Waals surface area contributed by atoms with Crippen molar-refractivity contribution in [1.82, 2.24) is 10.6 Å². The van der Waals surface area contributed by atoms with Gasteiger partial charge in [0.1, 0.15) is 0 Å². The third-order valence-electron chi connectivity index (χ3n) is 4.16. The molecule has 1 amide bonds. The lowest BCUT2D eigenvalue weighted by Gasteiger charge is -2.30. The number of hydrogen-bond acceptors (Lipinski definition) is 2. The van der Waals surface area contributed by atoms with Crippen LogP contribution in [0.25, 0.3) is 0 Å². The lowest BCUT2D eigenvalue weighted by Crippen LogP contribution is -2.38. The van der Waals surface area contributed by atoms with Crippen LogP contribution < -0.4 is 10.6 Å². The molecule has 0 radical (unpaired) electrons. The molecule has 1 aliphatic heterocycles. The fraction of sp³-hybridized carbons (Fsp3) is 0.786. The monoisotopic (exact) mass is 290 g/mol. The lowest BCUT2D eigenvalue weighted by molar-refractivity contribution is -0.186. The Hall–Kier alpha value is -1.04. The Balaban J connectivity index is 1.81. The SMILES string of the molecule is O=C(NCC1=CCNCC1)C1CCCC(C(F)(F)F)C1. The highest BCUT2D eigenvalue weighted by Crippen LogP contribution is 2.39. The molecule has 0 aromatic rings. The van der Waals surface area contributed by atoms with E-state index in [2.05, 4.69) is 10.6 Å². The summed E-state index contributed by atoms with van der Waals surface area (Å²) in [5.74, 6) is -2.03. The minimum Gasteiger partial charge on any atom is -0.352 e. The number of rotatable bonds is 3. The number of carbonyl (C=O) groups excluding carboxylic acids is 1. The average molecular weight is 290 g/mol. The molecule has 0 spiro atoms. The zero-order valence-electron chi connectivity index (χ0n) is 11.4. The second-order valence-corrected chi connectivity index (χ2v) is 5.64. The van der Waals surface area contributed by atoms with E-state index in [9.17, 15) is 18.0 Å². The summed E-state index contributed by atoms with van der Waals surface area (Å²) in [5, 5.41) is 5.97. The Kier molecular flexibility index (Phi) is 5.07. The van der Waals surface area contributed by atoms with Crippen LogP contribution >= 0.6 is 0 Å². The van der Waals surface area contributed by atoms with Gasteiger partial charge in [0.25, 0.3) is 0 Å². The van der Waals surface area contributed by atoms with Crippen molar-refractivity contribution in [1.29, 1.82) is 0 Å². The van der Waals surface area contributed by atoms with Crippen LogP contribution in [0.5, 0.6) is 0 Å². The lowest BCUT2D eigenvalue weighted by atomic mass is 9.80. The van der Waals surface area contributed by atoms with E-state index < -0.39 is 18.0 Å². The van der Waals surface area contributed by atoms with Crippen LogP contribution in [0.4, 0.5) is 13.2 Å². The van der Waals surface area contributed by atoms with Gasteiger partial charge in [-0.05, 0) is 32.2 Å². The van der Waals surface area contributed by atoms with Crippen molar-refractivity contribution in [3.05, 3.63) is 11.6 Å². The van der Waals surface area contributed by atoms with Gasteiger partial charge in [-0.25, -0.2) is 0 Å². The largest absolute Gasteiger partial charge is 0.391 e. The standard InChI is InChI=1S/C14H21F3N2O/c15-14(16,17)12-3-1-2-11(8-12)13(20)19-9-10-4-6-18-7-5-10/h4,11-12,18H,1-3,5-9H2,(H,19,20). The summed E-state index contributed by atoms with van der Waals surface area (Å²) >= 11 is 0. The van der Waals surface area contributed by atoms with E-state index in [0.29, 0.717) is 19.4 Å². The highest BCUT2D eigenvalue weighted by molar-refractivity contribution is 5.79. The van der Waals surface area contributed by atoms with Gasteiger partial charge < -0.3 is 10.6 Å². The summed E-state index contributed by atoms with van der Waals surface area (Å²) in [4.78, 5) is 12.0. The summed E-state index contributed by atoms with van der Waals surface area (Å²) in [7, 11) is 0. The van der Waals surface area contributed by atoms with Gasteiger partial charge in [0.15, 0.2) is 0 Å². The van der Waals surface area contributed by atoms with Crippen molar-refractivity contribution in [3.63, 3.8) is 0 Å². The summed E-state index contributed by atoms with van der Waals surface area (Å²) < 4.78 is 38.1. The van der Waals surface area contributed by atoms with Crippen molar-refractivity contribution in [2.24, 2.45) is 11.8 Å². The van der Waals surface area contributed by atoms with E-state index in [1.807, 2.05) is 6.08 Å². The first-order chi connectivity index (χ1) is 9.47. The van der Waals surface area contributed by atoms with Crippen LogP contribution in [0.2, 0.25) is 0 Å². The first-order valence-electron chi connectivity index (χ1n) is 7.20. The topological polar surface area (TPSA) is 41.1 Å². The summed E-state index contributed by atoms with van der Waals surface area (Å²) in [6, 6.07) is 0. The van der Waals surface area contributed by atoms with E-state index in [1.165, 1.54) is 0 Å². The molecule has 2 unspecified atom stereocenters. The Bertz CT molecular complexity index is 379. The Morgan fingerprint density at radius 3 is 2.85 bits per heavy atom. The van der Waals surface area contributed by atoms with E-state index in [-0.39, 0.29) is 18.7 Å². The zero-order chi connectivity index (χ0) is 14.6. The maximum absolute atomic E-state index is 12.7. The van der Waals surface area contributed by atoms with E-state index in [4.69, 9.17) is 0 Å². The second-order valence-electron chi connectivity index (χ2n) is 5.64. The van der Waals surface area contributed by atoms with Crippen molar-refractivity contribution in [2.75, 3.05) is 19.6 Å². The van der Waals surface area contributed by atoms with Crippen LogP contribution in [0, 0.1) is 11.8 Å². The highest BCUT2D eigenvalue weighted by Gasteiger charge is 2.43. The quantitative estimate of drug-likeness (QED) is 0.784. The molecule has 1 fully saturated rings. The van der Waals surface area contributed by atoms with Gasteiger partial charge in [0.2, 0.25) is 5.91 Å². The third kappa shape index (κ3) is 4.23. The van der Waals surface area contributed by atoms with E-state index in [1.54, 1.807) is 0 Å². The molecular weight excluding hydrogens is 269 g/mol. The highest BCUT2D eigenvalue weighted by atomic mass is 19.4. The molecule has 20 heavy (non-hydrogen) atoms. The molecule has 6 heteroatoms. The van der Waals surface area contributed by atoms with Gasteiger partial charge in [-0.2, -0.15) is 13.2 Å². The van der Waals surface area contributed by atoms with Crippen molar-refractivity contribution < 1.29 is 18.0 Å². The predicted molar refractivity (Wildman–Crippen MR) is 70.1 cm³/mol. The molecule has 1 heterocycles. The minimum absolute atomic E-state index is 0.0596. The van der Waals surface area contributed by atoms with Gasteiger partial charge in [-0.3, -0.25) is 4.79 Å². The maximum Gasteiger partial charge on any atom is 0.391 e. The Morgan fingerprint density at radius 1 is 1.40 bits per heavy atom. The van der Waals surface area contributed by atoms with Crippen LogP contribution in [0.3, 0.4) is 0 Å². The molecule has 0 aromatic heterocycles. The number of hydrogen-bond donors (Lipinski definition) is 2. The molecule has 1 saturated carbocycles. The number of halogens is 3. The van der Waals surface area contributed by atoms with Gasteiger partial charge in [-0.1, -0.05) is 18.1 Å². The number of carbonyl (C=O) groups is 1. The molecule has 114 valence electrons. The molecule has 2 atom stereocenters. The maximum atomic E-state index is 12.7.